The number of carbonyl (C=O) groups excluding carboxylic acids is 2. The topological polar surface area (TPSA) is 79.5 Å². The van der Waals surface area contributed by atoms with Crippen LogP contribution in [0.5, 0.6) is 0 Å². The van der Waals surface area contributed by atoms with Gasteiger partial charge in [0.1, 0.15) is 12.6 Å². The van der Waals surface area contributed by atoms with Gasteiger partial charge in [-0.2, -0.15) is 0 Å². The van der Waals surface area contributed by atoms with Gasteiger partial charge in [-0.3, -0.25) is 14.4 Å². The van der Waals surface area contributed by atoms with Gasteiger partial charge in [0.2, 0.25) is 5.91 Å². The van der Waals surface area contributed by atoms with Crippen LogP contribution in [0.1, 0.15) is 18.4 Å². The Bertz CT molecular complexity index is 526. The van der Waals surface area contributed by atoms with Gasteiger partial charge >= 0.3 is 0 Å². The Labute approximate surface area is 123 Å². The molecule has 0 spiro atoms. The standard InChI is InChI=1S/C15H19N3O3/c19-13-12(10-21-18-13)17-14(20)15(6-8-16-9-7-15)11-4-2-1-3-5-11/h1-5,12,16H,6-10H2,(H,17,20)(H,18,19)/t12-/m1/s1. The number of rotatable bonds is 3. The third kappa shape index (κ3) is 2.64. The molecule has 2 aliphatic heterocycles. The number of hydroxylamine groups is 1. The van der Waals surface area contributed by atoms with Crippen LogP contribution < -0.4 is 16.1 Å². The van der Waals surface area contributed by atoms with Crippen molar-refractivity contribution in [1.82, 2.24) is 16.1 Å². The molecule has 2 aliphatic rings. The molecule has 0 bridgehead atoms. The molecule has 0 saturated carbocycles. The van der Waals surface area contributed by atoms with Crippen molar-refractivity contribution in [2.75, 3.05) is 19.7 Å². The molecule has 2 heterocycles. The van der Waals surface area contributed by atoms with E-state index in [2.05, 4.69) is 16.1 Å². The van der Waals surface area contributed by atoms with Crippen molar-refractivity contribution in [3.8, 4) is 0 Å². The van der Waals surface area contributed by atoms with E-state index in [0.29, 0.717) is 0 Å². The van der Waals surface area contributed by atoms with E-state index in [-0.39, 0.29) is 18.4 Å². The average Bonchev–Trinajstić information content (AvgIpc) is 2.94. The molecule has 0 radical (unpaired) electrons. The molecule has 2 fully saturated rings. The summed E-state index contributed by atoms with van der Waals surface area (Å²) in [5.74, 6) is -0.388. The summed E-state index contributed by atoms with van der Waals surface area (Å²) in [6, 6.07) is 9.18. The predicted octanol–water partition coefficient (Wildman–Crippen LogP) is -0.146. The minimum absolute atomic E-state index is 0.0964. The Morgan fingerprint density at radius 2 is 1.95 bits per heavy atom. The third-order valence-corrected chi connectivity index (χ3v) is 4.26. The van der Waals surface area contributed by atoms with E-state index in [1.54, 1.807) is 0 Å². The summed E-state index contributed by atoms with van der Waals surface area (Å²) in [7, 11) is 0. The Balaban J connectivity index is 1.85. The number of hydrogen-bond donors (Lipinski definition) is 3. The fourth-order valence-corrected chi connectivity index (χ4v) is 3.00. The summed E-state index contributed by atoms with van der Waals surface area (Å²) >= 11 is 0. The van der Waals surface area contributed by atoms with Crippen molar-refractivity contribution >= 4 is 11.8 Å². The van der Waals surface area contributed by atoms with E-state index >= 15 is 0 Å². The van der Waals surface area contributed by atoms with Crippen LogP contribution in [0.15, 0.2) is 30.3 Å². The van der Waals surface area contributed by atoms with Crippen molar-refractivity contribution in [3.63, 3.8) is 0 Å². The van der Waals surface area contributed by atoms with Gasteiger partial charge in [0.15, 0.2) is 0 Å². The highest BCUT2D eigenvalue weighted by atomic mass is 16.7. The van der Waals surface area contributed by atoms with Crippen LogP contribution in [0.3, 0.4) is 0 Å². The zero-order chi connectivity index (χ0) is 14.7. The summed E-state index contributed by atoms with van der Waals surface area (Å²) in [6.07, 6.45) is 1.44. The van der Waals surface area contributed by atoms with E-state index in [9.17, 15) is 9.59 Å². The largest absolute Gasteiger partial charge is 0.341 e. The molecule has 0 aromatic heterocycles. The predicted molar refractivity (Wildman–Crippen MR) is 76.2 cm³/mol. The molecule has 1 aromatic rings. The molecule has 112 valence electrons. The zero-order valence-corrected chi connectivity index (χ0v) is 11.7. The molecule has 0 unspecified atom stereocenters. The minimum atomic E-state index is -0.604. The maximum atomic E-state index is 12.8. The molecule has 3 N–H and O–H groups in total. The van der Waals surface area contributed by atoms with E-state index in [0.717, 1.165) is 31.5 Å². The van der Waals surface area contributed by atoms with Crippen molar-refractivity contribution in [2.45, 2.75) is 24.3 Å². The summed E-state index contributed by atoms with van der Waals surface area (Å²) in [5.41, 5.74) is 2.69. The highest BCUT2D eigenvalue weighted by molar-refractivity contribution is 5.93. The molecule has 1 atom stereocenters. The molecular formula is C15H19N3O3. The van der Waals surface area contributed by atoms with Crippen LogP contribution in [-0.2, 0) is 19.8 Å². The van der Waals surface area contributed by atoms with Crippen LogP contribution in [0.25, 0.3) is 0 Å². The summed E-state index contributed by atoms with van der Waals surface area (Å²) in [6.45, 7) is 1.75. The van der Waals surface area contributed by atoms with Gasteiger partial charge in [-0.15, -0.1) is 0 Å². The molecule has 6 nitrogen and oxygen atoms in total. The van der Waals surface area contributed by atoms with Gasteiger partial charge in [0.25, 0.3) is 5.91 Å². The summed E-state index contributed by atoms with van der Waals surface area (Å²) in [4.78, 5) is 29.3. The van der Waals surface area contributed by atoms with Gasteiger partial charge in [0, 0.05) is 0 Å². The highest BCUT2D eigenvalue weighted by Crippen LogP contribution is 2.33. The van der Waals surface area contributed by atoms with Crippen molar-refractivity contribution < 1.29 is 14.4 Å². The van der Waals surface area contributed by atoms with Crippen LogP contribution in [-0.4, -0.2) is 37.6 Å². The first-order valence-electron chi connectivity index (χ1n) is 7.21. The zero-order valence-electron chi connectivity index (χ0n) is 11.7. The quantitative estimate of drug-likeness (QED) is 0.723. The molecule has 2 saturated heterocycles. The number of hydrogen-bond acceptors (Lipinski definition) is 4. The second-order valence-corrected chi connectivity index (χ2v) is 5.50. The monoisotopic (exact) mass is 289 g/mol. The van der Waals surface area contributed by atoms with Crippen LogP contribution in [0.2, 0.25) is 0 Å². The molecule has 2 amide bonds. The first kappa shape index (κ1) is 14.0. The lowest BCUT2D eigenvalue weighted by Gasteiger charge is -2.37. The Kier molecular flexibility index (Phi) is 3.90. The second kappa shape index (κ2) is 5.83. The van der Waals surface area contributed by atoms with Crippen LogP contribution in [0.4, 0.5) is 0 Å². The minimum Gasteiger partial charge on any atom is -0.341 e. The summed E-state index contributed by atoms with van der Waals surface area (Å²) < 4.78 is 0. The average molecular weight is 289 g/mol. The van der Waals surface area contributed by atoms with Gasteiger partial charge in [0.05, 0.1) is 5.41 Å². The number of amides is 2. The number of benzene rings is 1. The van der Waals surface area contributed by atoms with Gasteiger partial charge < -0.3 is 10.6 Å². The molecular weight excluding hydrogens is 270 g/mol. The van der Waals surface area contributed by atoms with E-state index in [1.807, 2.05) is 30.3 Å². The first-order valence-corrected chi connectivity index (χ1v) is 7.21. The lowest BCUT2D eigenvalue weighted by atomic mass is 9.72. The van der Waals surface area contributed by atoms with Crippen molar-refractivity contribution in [1.29, 1.82) is 0 Å². The summed E-state index contributed by atoms with van der Waals surface area (Å²) in [5, 5.41) is 6.12. The van der Waals surface area contributed by atoms with E-state index in [4.69, 9.17) is 4.84 Å². The number of carbonyl (C=O) groups is 2. The fraction of sp³-hybridized carbons (Fsp3) is 0.467. The van der Waals surface area contributed by atoms with E-state index in [1.165, 1.54) is 0 Å². The normalized spacial score (nSPS) is 24.4. The molecule has 3 rings (SSSR count). The second-order valence-electron chi connectivity index (χ2n) is 5.50. The van der Waals surface area contributed by atoms with Crippen molar-refractivity contribution in [2.24, 2.45) is 0 Å². The van der Waals surface area contributed by atoms with Crippen molar-refractivity contribution in [3.05, 3.63) is 35.9 Å². The number of nitrogens with one attached hydrogen (secondary N) is 3. The third-order valence-electron chi connectivity index (χ3n) is 4.26. The van der Waals surface area contributed by atoms with Crippen LogP contribution >= 0.6 is 0 Å². The molecule has 0 aliphatic carbocycles. The van der Waals surface area contributed by atoms with Gasteiger partial charge in [-0.25, -0.2) is 5.48 Å². The number of piperidine rings is 1. The van der Waals surface area contributed by atoms with Gasteiger partial charge in [-0.1, -0.05) is 30.3 Å². The van der Waals surface area contributed by atoms with Gasteiger partial charge in [-0.05, 0) is 31.5 Å². The molecule has 1 aromatic carbocycles. The fourth-order valence-electron chi connectivity index (χ4n) is 3.00. The highest BCUT2D eigenvalue weighted by Gasteiger charge is 2.43. The lowest BCUT2D eigenvalue weighted by molar-refractivity contribution is -0.132. The maximum Gasteiger partial charge on any atom is 0.268 e. The Morgan fingerprint density at radius 1 is 1.24 bits per heavy atom. The molecule has 6 heteroatoms. The Hall–Kier alpha value is -1.92. The Morgan fingerprint density at radius 3 is 2.57 bits per heavy atom. The van der Waals surface area contributed by atoms with E-state index < -0.39 is 11.5 Å². The lowest BCUT2D eigenvalue weighted by Crippen LogP contribution is -2.54. The molecule has 21 heavy (non-hydrogen) atoms. The maximum absolute atomic E-state index is 12.8. The first-order chi connectivity index (χ1) is 10.2. The van der Waals surface area contributed by atoms with Crippen LogP contribution in [0, 0.1) is 0 Å². The smallest absolute Gasteiger partial charge is 0.268 e. The SMILES string of the molecule is O=C1NOC[C@H]1NC(=O)C1(c2ccccc2)CCNCC1.